The second-order valence-corrected chi connectivity index (χ2v) is 6.41. The first-order chi connectivity index (χ1) is 8.69. The van der Waals surface area contributed by atoms with Crippen LogP contribution in [0, 0.1) is 6.92 Å². The Morgan fingerprint density at radius 3 is 3.06 bits per heavy atom. The first kappa shape index (κ1) is 14.0. The molecule has 2 atom stereocenters. The highest BCUT2D eigenvalue weighted by molar-refractivity contribution is 7.09. The van der Waals surface area contributed by atoms with Gasteiger partial charge in [-0.25, -0.2) is 4.98 Å². The lowest BCUT2D eigenvalue weighted by molar-refractivity contribution is 0.138. The van der Waals surface area contributed by atoms with E-state index in [-0.39, 0.29) is 0 Å². The van der Waals surface area contributed by atoms with E-state index in [4.69, 9.17) is 0 Å². The van der Waals surface area contributed by atoms with E-state index in [0.717, 1.165) is 19.5 Å². The van der Waals surface area contributed by atoms with Crippen molar-refractivity contribution in [1.82, 2.24) is 15.2 Å². The van der Waals surface area contributed by atoms with Crippen molar-refractivity contribution >= 4 is 11.3 Å². The molecule has 1 aliphatic rings. The fraction of sp³-hybridized carbons (Fsp3) is 0.786. The molecule has 2 heterocycles. The number of aryl methyl sites for hydroxylation is 1. The van der Waals surface area contributed by atoms with Crippen LogP contribution in [0.4, 0.5) is 0 Å². The summed E-state index contributed by atoms with van der Waals surface area (Å²) in [6.07, 6.45) is 3.65. The van der Waals surface area contributed by atoms with Crippen LogP contribution < -0.4 is 5.32 Å². The van der Waals surface area contributed by atoms with Crippen LogP contribution in [0.3, 0.4) is 0 Å². The third-order valence-corrected chi connectivity index (χ3v) is 4.56. The molecule has 1 saturated heterocycles. The van der Waals surface area contributed by atoms with Gasteiger partial charge in [0.05, 0.1) is 10.7 Å². The van der Waals surface area contributed by atoms with Crippen LogP contribution in [-0.2, 0) is 6.42 Å². The Hall–Kier alpha value is -0.450. The Labute approximate surface area is 115 Å². The van der Waals surface area contributed by atoms with Gasteiger partial charge in [0, 0.05) is 43.5 Å². The highest BCUT2D eigenvalue weighted by atomic mass is 32.1. The number of thiazole rings is 1. The number of hydrogen-bond acceptors (Lipinski definition) is 4. The van der Waals surface area contributed by atoms with Crippen LogP contribution in [0.15, 0.2) is 5.38 Å². The quantitative estimate of drug-likeness (QED) is 0.888. The molecule has 1 aliphatic heterocycles. The maximum atomic E-state index is 4.55. The molecule has 2 rings (SSSR count). The number of nitrogens with zero attached hydrogens (tertiary/aromatic N) is 2. The third kappa shape index (κ3) is 3.77. The van der Waals surface area contributed by atoms with Crippen LogP contribution >= 0.6 is 11.3 Å². The van der Waals surface area contributed by atoms with Crippen molar-refractivity contribution in [2.75, 3.05) is 19.6 Å². The molecule has 0 aromatic carbocycles. The van der Waals surface area contributed by atoms with E-state index >= 15 is 0 Å². The summed E-state index contributed by atoms with van der Waals surface area (Å²) in [5, 5.41) is 7.03. The first-order valence-corrected chi connectivity index (χ1v) is 7.95. The minimum atomic E-state index is 0.651. The van der Waals surface area contributed by atoms with Crippen LogP contribution in [-0.4, -0.2) is 41.6 Å². The van der Waals surface area contributed by atoms with Gasteiger partial charge in [-0.05, 0) is 20.3 Å². The summed E-state index contributed by atoms with van der Waals surface area (Å²) in [4.78, 5) is 7.17. The summed E-state index contributed by atoms with van der Waals surface area (Å²) in [5.41, 5.74) is 1.26. The van der Waals surface area contributed by atoms with Crippen LogP contribution in [0.2, 0.25) is 0 Å². The van der Waals surface area contributed by atoms with Gasteiger partial charge >= 0.3 is 0 Å². The summed E-state index contributed by atoms with van der Waals surface area (Å²) in [6.45, 7) is 10.1. The second kappa shape index (κ2) is 6.64. The molecule has 1 N–H and O–H groups in total. The zero-order valence-electron chi connectivity index (χ0n) is 11.8. The van der Waals surface area contributed by atoms with E-state index in [1.54, 1.807) is 11.3 Å². The smallest absolute Gasteiger partial charge is 0.0897 e. The molecule has 0 amide bonds. The van der Waals surface area contributed by atoms with Gasteiger partial charge in [0.1, 0.15) is 0 Å². The Bertz CT molecular complexity index is 364. The predicted molar refractivity (Wildman–Crippen MR) is 78.3 cm³/mol. The highest BCUT2D eigenvalue weighted by Gasteiger charge is 2.23. The van der Waals surface area contributed by atoms with E-state index in [1.165, 1.54) is 30.1 Å². The van der Waals surface area contributed by atoms with Gasteiger partial charge in [-0.1, -0.05) is 13.3 Å². The van der Waals surface area contributed by atoms with Crippen molar-refractivity contribution in [2.45, 2.75) is 52.1 Å². The molecule has 102 valence electrons. The summed E-state index contributed by atoms with van der Waals surface area (Å²) in [5.74, 6) is 0. The Morgan fingerprint density at radius 2 is 2.39 bits per heavy atom. The van der Waals surface area contributed by atoms with Gasteiger partial charge in [-0.3, -0.25) is 4.90 Å². The molecule has 0 aliphatic carbocycles. The summed E-state index contributed by atoms with van der Waals surface area (Å²) in [7, 11) is 0. The summed E-state index contributed by atoms with van der Waals surface area (Å²) in [6, 6.07) is 1.33. The minimum Gasteiger partial charge on any atom is -0.311 e. The zero-order chi connectivity index (χ0) is 13.0. The fourth-order valence-corrected chi connectivity index (χ4v) is 3.28. The molecule has 18 heavy (non-hydrogen) atoms. The normalized spacial score (nSPS) is 25.5. The monoisotopic (exact) mass is 267 g/mol. The minimum absolute atomic E-state index is 0.651. The fourth-order valence-electron chi connectivity index (χ4n) is 2.63. The molecule has 0 spiro atoms. The Balaban J connectivity index is 1.82. The van der Waals surface area contributed by atoms with Crippen LogP contribution in [0.25, 0.3) is 0 Å². The molecular formula is C14H25N3S. The Morgan fingerprint density at radius 1 is 1.56 bits per heavy atom. The third-order valence-electron chi connectivity index (χ3n) is 3.74. The van der Waals surface area contributed by atoms with Gasteiger partial charge < -0.3 is 5.32 Å². The lowest BCUT2D eigenvalue weighted by Gasteiger charge is -2.38. The van der Waals surface area contributed by atoms with E-state index in [9.17, 15) is 0 Å². The van der Waals surface area contributed by atoms with E-state index in [2.05, 4.69) is 41.4 Å². The van der Waals surface area contributed by atoms with Crippen molar-refractivity contribution in [3.05, 3.63) is 16.1 Å². The molecule has 1 aromatic rings. The van der Waals surface area contributed by atoms with Gasteiger partial charge in [0.15, 0.2) is 0 Å². The maximum absolute atomic E-state index is 4.55. The van der Waals surface area contributed by atoms with Crippen molar-refractivity contribution in [1.29, 1.82) is 0 Å². The average molecular weight is 267 g/mol. The molecule has 1 aromatic heterocycles. The molecule has 2 unspecified atom stereocenters. The lowest BCUT2D eigenvalue weighted by atomic mass is 10.1. The van der Waals surface area contributed by atoms with Crippen LogP contribution in [0.5, 0.6) is 0 Å². The second-order valence-electron chi connectivity index (χ2n) is 5.35. The van der Waals surface area contributed by atoms with E-state index in [1.807, 2.05) is 0 Å². The number of nitrogens with one attached hydrogen (secondary N) is 1. The molecule has 0 bridgehead atoms. The maximum Gasteiger partial charge on any atom is 0.0897 e. The highest BCUT2D eigenvalue weighted by Crippen LogP contribution is 2.13. The Kier molecular flexibility index (Phi) is 5.15. The van der Waals surface area contributed by atoms with Gasteiger partial charge in [-0.2, -0.15) is 0 Å². The zero-order valence-corrected chi connectivity index (χ0v) is 12.6. The summed E-state index contributed by atoms with van der Waals surface area (Å²) >= 11 is 1.76. The van der Waals surface area contributed by atoms with Gasteiger partial charge in [-0.15, -0.1) is 11.3 Å². The van der Waals surface area contributed by atoms with Crippen molar-refractivity contribution in [3.63, 3.8) is 0 Å². The van der Waals surface area contributed by atoms with E-state index < -0.39 is 0 Å². The van der Waals surface area contributed by atoms with Crippen molar-refractivity contribution in [3.8, 4) is 0 Å². The topological polar surface area (TPSA) is 28.2 Å². The van der Waals surface area contributed by atoms with Gasteiger partial charge in [0.25, 0.3) is 0 Å². The van der Waals surface area contributed by atoms with Crippen LogP contribution in [0.1, 0.15) is 37.4 Å². The first-order valence-electron chi connectivity index (χ1n) is 7.07. The van der Waals surface area contributed by atoms with Crippen molar-refractivity contribution < 1.29 is 0 Å². The molecule has 1 fully saturated rings. The van der Waals surface area contributed by atoms with Crippen molar-refractivity contribution in [2.24, 2.45) is 0 Å². The average Bonchev–Trinajstić information content (AvgIpc) is 2.76. The number of hydrogen-bond donors (Lipinski definition) is 1. The SMILES string of the molecule is CCCC1CN(CCc2csc(C)n2)C(C)CN1. The number of piperazine rings is 1. The molecular weight excluding hydrogens is 242 g/mol. The van der Waals surface area contributed by atoms with E-state index in [0.29, 0.717) is 12.1 Å². The molecule has 0 saturated carbocycles. The largest absolute Gasteiger partial charge is 0.311 e. The lowest BCUT2D eigenvalue weighted by Crippen LogP contribution is -2.55. The number of aromatic nitrogens is 1. The molecule has 3 nitrogen and oxygen atoms in total. The molecule has 4 heteroatoms. The predicted octanol–water partition coefficient (Wildman–Crippen LogP) is 2.46. The van der Waals surface area contributed by atoms with Gasteiger partial charge in [0.2, 0.25) is 0 Å². The molecule has 0 radical (unpaired) electrons. The summed E-state index contributed by atoms with van der Waals surface area (Å²) < 4.78 is 0. The standard InChI is InChI=1S/C14H25N3S/c1-4-5-13-9-17(11(2)8-15-13)7-6-14-10-18-12(3)16-14/h10-11,13,15H,4-9H2,1-3H3. The number of rotatable bonds is 5.